The SMILES string of the molecule is C#CC(=O)Nc1ccnc(-c2nccc3cnc(Nc4ccc(NC5CN(CCF)C5)nc4)nc23)c1. The number of carbonyl (C=O) groups is 1. The molecule has 36 heavy (non-hydrogen) atoms. The number of hydrogen-bond donors (Lipinski definition) is 3. The summed E-state index contributed by atoms with van der Waals surface area (Å²) in [5.41, 5.74) is 2.88. The molecule has 1 aliphatic rings. The van der Waals surface area contributed by atoms with Gasteiger partial charge in [0.15, 0.2) is 0 Å². The van der Waals surface area contributed by atoms with Crippen LogP contribution in [0, 0.1) is 12.3 Å². The summed E-state index contributed by atoms with van der Waals surface area (Å²) in [6.07, 6.45) is 11.7. The highest BCUT2D eigenvalue weighted by Crippen LogP contribution is 2.26. The number of likely N-dealkylation sites (tertiary alicyclic amines) is 1. The van der Waals surface area contributed by atoms with Crippen molar-refractivity contribution in [3.8, 4) is 23.7 Å². The number of halogens is 1. The predicted molar refractivity (Wildman–Crippen MR) is 135 cm³/mol. The Hall–Kier alpha value is -4.69. The third-order valence-corrected chi connectivity index (χ3v) is 5.62. The summed E-state index contributed by atoms with van der Waals surface area (Å²) >= 11 is 0. The van der Waals surface area contributed by atoms with E-state index >= 15 is 0 Å². The highest BCUT2D eigenvalue weighted by molar-refractivity contribution is 6.03. The molecule has 0 saturated carbocycles. The molecule has 0 radical (unpaired) electrons. The van der Waals surface area contributed by atoms with Crippen LogP contribution in [0.5, 0.6) is 0 Å². The first-order chi connectivity index (χ1) is 17.6. The average molecular weight is 484 g/mol. The topological polar surface area (TPSA) is 121 Å². The van der Waals surface area contributed by atoms with E-state index in [0.29, 0.717) is 35.1 Å². The zero-order valence-corrected chi connectivity index (χ0v) is 19.1. The second-order valence-electron chi connectivity index (χ2n) is 8.17. The van der Waals surface area contributed by atoms with Crippen LogP contribution >= 0.6 is 0 Å². The number of hydrogen-bond acceptors (Lipinski definition) is 9. The Morgan fingerprint density at radius 2 is 1.94 bits per heavy atom. The standard InChI is InChI=1S/C25H22FN9O/c1-2-22(36)32-17-6-9-27-20(11-17)24-23-16(5-8-28-24)12-30-25(34-23)33-18-3-4-21(29-13-18)31-19-14-35(15-19)10-7-26/h1,3-6,8-9,11-13,19H,7,10,14-15H2,(H,29,31)(H,27,32,36)(H,30,33,34). The fraction of sp³-hybridized carbons (Fsp3) is 0.200. The first kappa shape index (κ1) is 23.1. The molecule has 10 nitrogen and oxygen atoms in total. The van der Waals surface area contributed by atoms with E-state index in [9.17, 15) is 9.18 Å². The van der Waals surface area contributed by atoms with Gasteiger partial charge in [0.2, 0.25) is 5.95 Å². The van der Waals surface area contributed by atoms with E-state index in [2.05, 4.69) is 40.9 Å². The van der Waals surface area contributed by atoms with Crippen LogP contribution in [0.25, 0.3) is 22.3 Å². The van der Waals surface area contributed by atoms with Crippen molar-refractivity contribution in [3.63, 3.8) is 0 Å². The third kappa shape index (κ3) is 5.18. The second kappa shape index (κ2) is 10.3. The average Bonchev–Trinajstić information content (AvgIpc) is 2.88. The van der Waals surface area contributed by atoms with Gasteiger partial charge in [-0.05, 0) is 36.3 Å². The fourth-order valence-electron chi connectivity index (χ4n) is 3.86. The molecule has 11 heteroatoms. The van der Waals surface area contributed by atoms with Crippen molar-refractivity contribution in [3.05, 3.63) is 55.1 Å². The van der Waals surface area contributed by atoms with E-state index < -0.39 is 5.91 Å². The summed E-state index contributed by atoms with van der Waals surface area (Å²) in [4.78, 5) is 35.9. The van der Waals surface area contributed by atoms with Crippen LogP contribution in [0.1, 0.15) is 0 Å². The molecule has 1 amide bonds. The molecule has 1 saturated heterocycles. The number of anilines is 4. The lowest BCUT2D eigenvalue weighted by molar-refractivity contribution is -0.111. The molecule has 1 aliphatic heterocycles. The molecule has 5 heterocycles. The Labute approximate surface area is 206 Å². The van der Waals surface area contributed by atoms with Crippen molar-refractivity contribution in [2.24, 2.45) is 0 Å². The summed E-state index contributed by atoms with van der Waals surface area (Å²) < 4.78 is 12.4. The summed E-state index contributed by atoms with van der Waals surface area (Å²) in [7, 11) is 0. The molecule has 1 fully saturated rings. The molecule has 4 aromatic rings. The van der Waals surface area contributed by atoms with Crippen molar-refractivity contribution >= 4 is 40.0 Å². The molecule has 0 spiro atoms. The molecule has 3 N–H and O–H groups in total. The maximum absolute atomic E-state index is 12.4. The third-order valence-electron chi connectivity index (χ3n) is 5.62. The number of alkyl halides is 1. The van der Waals surface area contributed by atoms with Gasteiger partial charge in [0.1, 0.15) is 23.7 Å². The maximum Gasteiger partial charge on any atom is 0.300 e. The quantitative estimate of drug-likeness (QED) is 0.325. The Balaban J connectivity index is 1.32. The molecule has 0 atom stereocenters. The van der Waals surface area contributed by atoms with Crippen LogP contribution in [0.4, 0.5) is 27.5 Å². The van der Waals surface area contributed by atoms with E-state index in [-0.39, 0.29) is 12.7 Å². The molecular formula is C25H22FN9O. The highest BCUT2D eigenvalue weighted by Gasteiger charge is 2.26. The second-order valence-corrected chi connectivity index (χ2v) is 8.17. The maximum atomic E-state index is 12.4. The number of fused-ring (bicyclic) bond motifs is 1. The molecule has 0 aromatic carbocycles. The first-order valence-corrected chi connectivity index (χ1v) is 11.2. The van der Waals surface area contributed by atoms with Crippen LogP contribution in [-0.2, 0) is 4.79 Å². The van der Waals surface area contributed by atoms with E-state index in [1.807, 2.05) is 29.0 Å². The molecule has 5 rings (SSSR count). The number of rotatable bonds is 8. The molecule has 0 unspecified atom stereocenters. The zero-order chi connectivity index (χ0) is 24.9. The number of nitrogens with one attached hydrogen (secondary N) is 3. The summed E-state index contributed by atoms with van der Waals surface area (Å²) in [6.45, 7) is 1.76. The molecule has 0 aliphatic carbocycles. The van der Waals surface area contributed by atoms with Gasteiger partial charge in [-0.15, -0.1) is 6.42 Å². The smallest absolute Gasteiger partial charge is 0.300 e. The highest BCUT2D eigenvalue weighted by atomic mass is 19.1. The van der Waals surface area contributed by atoms with Gasteiger partial charge in [-0.25, -0.2) is 19.3 Å². The molecular weight excluding hydrogens is 461 g/mol. The van der Waals surface area contributed by atoms with Crippen LogP contribution in [0.15, 0.2) is 55.1 Å². The minimum absolute atomic E-state index is 0.268. The van der Waals surface area contributed by atoms with Gasteiger partial charge in [0.05, 0.1) is 23.6 Å². The van der Waals surface area contributed by atoms with Crippen molar-refractivity contribution in [1.82, 2.24) is 29.8 Å². The summed E-state index contributed by atoms with van der Waals surface area (Å²) in [6, 6.07) is 9.15. The van der Waals surface area contributed by atoms with E-state index in [1.165, 1.54) is 0 Å². The monoisotopic (exact) mass is 483 g/mol. The van der Waals surface area contributed by atoms with Crippen LogP contribution < -0.4 is 16.0 Å². The minimum Gasteiger partial charge on any atom is -0.365 e. The summed E-state index contributed by atoms with van der Waals surface area (Å²) in [5, 5.41) is 9.89. The largest absolute Gasteiger partial charge is 0.365 e. The van der Waals surface area contributed by atoms with E-state index in [4.69, 9.17) is 6.42 Å². The lowest BCUT2D eigenvalue weighted by Gasteiger charge is -2.39. The van der Waals surface area contributed by atoms with Gasteiger partial charge in [-0.2, -0.15) is 0 Å². The molecule has 4 aromatic heterocycles. The number of pyridine rings is 3. The van der Waals surface area contributed by atoms with Crippen LogP contribution in [0.3, 0.4) is 0 Å². The normalized spacial score (nSPS) is 13.6. The van der Waals surface area contributed by atoms with Crippen molar-refractivity contribution in [1.29, 1.82) is 0 Å². The van der Waals surface area contributed by atoms with E-state index in [1.54, 1.807) is 36.9 Å². The number of amides is 1. The van der Waals surface area contributed by atoms with Crippen LogP contribution in [-0.4, -0.2) is 68.1 Å². The van der Waals surface area contributed by atoms with Crippen molar-refractivity contribution < 1.29 is 9.18 Å². The Kier molecular flexibility index (Phi) is 6.59. The number of aromatic nitrogens is 5. The number of terminal acetylenes is 1. The predicted octanol–water partition coefficient (Wildman–Crippen LogP) is 2.86. The molecule has 0 bridgehead atoms. The minimum atomic E-state index is -0.548. The first-order valence-electron chi connectivity index (χ1n) is 11.2. The van der Waals surface area contributed by atoms with Gasteiger partial charge in [0.25, 0.3) is 5.91 Å². The lowest BCUT2D eigenvalue weighted by Crippen LogP contribution is -2.55. The number of nitrogens with zero attached hydrogens (tertiary/aromatic N) is 6. The van der Waals surface area contributed by atoms with Gasteiger partial charge < -0.3 is 16.0 Å². The van der Waals surface area contributed by atoms with Gasteiger partial charge >= 0.3 is 0 Å². The summed E-state index contributed by atoms with van der Waals surface area (Å²) in [5.74, 6) is 2.59. The Bertz CT molecular complexity index is 1430. The van der Waals surface area contributed by atoms with E-state index in [0.717, 1.165) is 30.0 Å². The van der Waals surface area contributed by atoms with Crippen molar-refractivity contribution in [2.45, 2.75) is 6.04 Å². The number of carbonyl (C=O) groups excluding carboxylic acids is 1. The van der Waals surface area contributed by atoms with Gasteiger partial charge in [0, 0.05) is 49.3 Å². The van der Waals surface area contributed by atoms with Crippen LogP contribution in [0.2, 0.25) is 0 Å². The fourth-order valence-corrected chi connectivity index (χ4v) is 3.86. The lowest BCUT2D eigenvalue weighted by atomic mass is 10.1. The van der Waals surface area contributed by atoms with Gasteiger partial charge in [-0.3, -0.25) is 19.7 Å². The molecule has 180 valence electrons. The zero-order valence-electron chi connectivity index (χ0n) is 19.1. The van der Waals surface area contributed by atoms with Gasteiger partial charge in [-0.1, -0.05) is 0 Å². The Morgan fingerprint density at radius 3 is 2.72 bits per heavy atom. The Morgan fingerprint density at radius 1 is 1.08 bits per heavy atom. The van der Waals surface area contributed by atoms with Crippen molar-refractivity contribution in [2.75, 3.05) is 42.3 Å².